The Balaban J connectivity index is 1.76. The van der Waals surface area contributed by atoms with E-state index in [0.29, 0.717) is 13.2 Å². The van der Waals surface area contributed by atoms with Crippen LogP contribution in [-0.2, 0) is 6.54 Å². The lowest BCUT2D eigenvalue weighted by Crippen LogP contribution is -2.00. The zero-order valence-corrected chi connectivity index (χ0v) is 11.8. The van der Waals surface area contributed by atoms with Crippen LogP contribution in [-0.4, -0.2) is 26.8 Å². The van der Waals surface area contributed by atoms with Crippen LogP contribution in [0.5, 0.6) is 5.75 Å². The third-order valence-electron chi connectivity index (χ3n) is 2.96. The van der Waals surface area contributed by atoms with Crippen molar-refractivity contribution < 1.29 is 9.26 Å². The first-order valence-corrected chi connectivity index (χ1v) is 6.88. The van der Waals surface area contributed by atoms with Gasteiger partial charge < -0.3 is 9.26 Å². The molecule has 0 fully saturated rings. The van der Waals surface area contributed by atoms with E-state index >= 15 is 0 Å². The van der Waals surface area contributed by atoms with Gasteiger partial charge in [0.05, 0.1) is 19.3 Å². The van der Waals surface area contributed by atoms with Crippen LogP contribution in [0.3, 0.4) is 0 Å². The molecule has 0 saturated carbocycles. The third kappa shape index (κ3) is 3.28. The smallest absolute Gasteiger partial charge is 0.124 e. The van der Waals surface area contributed by atoms with Crippen molar-refractivity contribution in [1.29, 1.82) is 0 Å². The van der Waals surface area contributed by atoms with E-state index < -0.39 is 0 Å². The van der Waals surface area contributed by atoms with Crippen molar-refractivity contribution in [2.24, 2.45) is 0 Å². The molecule has 0 aliphatic rings. The molecule has 0 N–H and O–H groups in total. The van der Waals surface area contributed by atoms with E-state index in [4.69, 9.17) is 9.26 Å². The standard InChI is InChI=1S/C15H16N4O2/c1-2-7-20-14-5-3-4-12(9-14)15-11-19(18-16-15)10-13-6-8-21-17-13/h3-6,8-9,11H,2,7,10H2,1H3. The van der Waals surface area contributed by atoms with Gasteiger partial charge in [0.25, 0.3) is 0 Å². The highest BCUT2D eigenvalue weighted by atomic mass is 16.5. The molecule has 21 heavy (non-hydrogen) atoms. The van der Waals surface area contributed by atoms with E-state index in [-0.39, 0.29) is 0 Å². The van der Waals surface area contributed by atoms with Crippen molar-refractivity contribution >= 4 is 0 Å². The molecule has 0 saturated heterocycles. The molecule has 0 aliphatic heterocycles. The molecule has 0 spiro atoms. The Labute approximate surface area is 122 Å². The molecule has 6 heteroatoms. The molecule has 2 heterocycles. The summed E-state index contributed by atoms with van der Waals surface area (Å²) in [6.07, 6.45) is 4.41. The van der Waals surface area contributed by atoms with Crippen LogP contribution in [0.2, 0.25) is 0 Å². The van der Waals surface area contributed by atoms with Crippen molar-refractivity contribution in [3.63, 3.8) is 0 Å². The van der Waals surface area contributed by atoms with Crippen LogP contribution in [0.25, 0.3) is 11.3 Å². The summed E-state index contributed by atoms with van der Waals surface area (Å²) in [6, 6.07) is 9.67. The fraction of sp³-hybridized carbons (Fsp3) is 0.267. The molecule has 6 nitrogen and oxygen atoms in total. The summed E-state index contributed by atoms with van der Waals surface area (Å²) < 4.78 is 12.2. The Morgan fingerprint density at radius 1 is 1.29 bits per heavy atom. The number of nitrogens with zero attached hydrogens (tertiary/aromatic N) is 4. The molecular weight excluding hydrogens is 268 g/mol. The van der Waals surface area contributed by atoms with E-state index in [1.54, 1.807) is 17.0 Å². The van der Waals surface area contributed by atoms with Crippen molar-refractivity contribution in [3.8, 4) is 17.0 Å². The lowest BCUT2D eigenvalue weighted by Gasteiger charge is -2.05. The highest BCUT2D eigenvalue weighted by Gasteiger charge is 2.06. The van der Waals surface area contributed by atoms with Gasteiger partial charge in [0.2, 0.25) is 0 Å². The van der Waals surface area contributed by atoms with Crippen LogP contribution in [0.4, 0.5) is 0 Å². The maximum atomic E-state index is 5.63. The summed E-state index contributed by atoms with van der Waals surface area (Å²) in [5.74, 6) is 0.848. The van der Waals surface area contributed by atoms with Crippen LogP contribution in [0, 0.1) is 0 Å². The predicted molar refractivity (Wildman–Crippen MR) is 76.8 cm³/mol. The van der Waals surface area contributed by atoms with Gasteiger partial charge in [0, 0.05) is 11.6 Å². The summed E-state index contributed by atoms with van der Waals surface area (Å²) in [7, 11) is 0. The van der Waals surface area contributed by atoms with Gasteiger partial charge in [-0.2, -0.15) is 0 Å². The third-order valence-corrected chi connectivity index (χ3v) is 2.96. The number of benzene rings is 1. The van der Waals surface area contributed by atoms with Crippen molar-refractivity contribution in [1.82, 2.24) is 20.2 Å². The van der Waals surface area contributed by atoms with E-state index in [1.165, 1.54) is 0 Å². The van der Waals surface area contributed by atoms with Crippen LogP contribution in [0.1, 0.15) is 19.0 Å². The van der Waals surface area contributed by atoms with Crippen molar-refractivity contribution in [2.75, 3.05) is 6.61 Å². The van der Waals surface area contributed by atoms with Gasteiger partial charge in [-0.3, -0.25) is 0 Å². The number of hydrogen-bond donors (Lipinski definition) is 0. The first-order valence-electron chi connectivity index (χ1n) is 6.88. The number of rotatable bonds is 6. The minimum atomic E-state index is 0.537. The Kier molecular flexibility index (Phi) is 3.95. The SMILES string of the molecule is CCCOc1cccc(-c2cn(Cc3ccon3)nn2)c1. The molecule has 0 radical (unpaired) electrons. The topological polar surface area (TPSA) is 66.0 Å². The average molecular weight is 284 g/mol. The predicted octanol–water partition coefficient (Wildman–Crippen LogP) is 2.77. The van der Waals surface area contributed by atoms with E-state index in [1.807, 2.05) is 30.5 Å². The molecule has 2 aromatic heterocycles. The normalized spacial score (nSPS) is 10.7. The average Bonchev–Trinajstić information content (AvgIpc) is 3.18. The number of ether oxygens (including phenoxy) is 1. The highest BCUT2D eigenvalue weighted by molar-refractivity contribution is 5.59. The Morgan fingerprint density at radius 3 is 3.05 bits per heavy atom. The molecule has 108 valence electrons. The van der Waals surface area contributed by atoms with Crippen molar-refractivity contribution in [2.45, 2.75) is 19.9 Å². The molecule has 1 aromatic carbocycles. The van der Waals surface area contributed by atoms with Crippen LogP contribution < -0.4 is 4.74 Å². The largest absolute Gasteiger partial charge is 0.494 e. The van der Waals surface area contributed by atoms with E-state index in [2.05, 4.69) is 22.4 Å². The second kappa shape index (κ2) is 6.21. The Hall–Kier alpha value is -2.63. The lowest BCUT2D eigenvalue weighted by atomic mass is 10.1. The summed E-state index contributed by atoms with van der Waals surface area (Å²) in [5.41, 5.74) is 2.60. The fourth-order valence-corrected chi connectivity index (χ4v) is 1.96. The second-order valence-corrected chi connectivity index (χ2v) is 4.67. The Morgan fingerprint density at radius 2 is 2.24 bits per heavy atom. The maximum absolute atomic E-state index is 5.63. The number of hydrogen-bond acceptors (Lipinski definition) is 5. The van der Waals surface area contributed by atoms with Crippen LogP contribution >= 0.6 is 0 Å². The Bertz CT molecular complexity index is 691. The van der Waals surface area contributed by atoms with Crippen LogP contribution in [0.15, 0.2) is 47.3 Å². The zero-order valence-electron chi connectivity index (χ0n) is 11.8. The molecule has 0 atom stereocenters. The van der Waals surface area contributed by atoms with Gasteiger partial charge in [0.15, 0.2) is 0 Å². The molecule has 3 rings (SSSR count). The van der Waals surface area contributed by atoms with E-state index in [9.17, 15) is 0 Å². The summed E-state index contributed by atoms with van der Waals surface area (Å²) in [6.45, 7) is 3.33. The monoisotopic (exact) mass is 284 g/mol. The van der Waals surface area contributed by atoms with Gasteiger partial charge >= 0.3 is 0 Å². The molecule has 0 unspecified atom stereocenters. The second-order valence-electron chi connectivity index (χ2n) is 4.67. The highest BCUT2D eigenvalue weighted by Crippen LogP contribution is 2.22. The summed E-state index contributed by atoms with van der Waals surface area (Å²) in [4.78, 5) is 0. The summed E-state index contributed by atoms with van der Waals surface area (Å²) in [5, 5.41) is 12.1. The van der Waals surface area contributed by atoms with Gasteiger partial charge in [0.1, 0.15) is 23.4 Å². The number of aromatic nitrogens is 4. The van der Waals surface area contributed by atoms with E-state index in [0.717, 1.165) is 29.1 Å². The van der Waals surface area contributed by atoms with Gasteiger partial charge in [-0.15, -0.1) is 5.10 Å². The van der Waals surface area contributed by atoms with Gasteiger partial charge in [-0.05, 0) is 18.6 Å². The van der Waals surface area contributed by atoms with Gasteiger partial charge in [-0.1, -0.05) is 29.4 Å². The minimum Gasteiger partial charge on any atom is -0.494 e. The quantitative estimate of drug-likeness (QED) is 0.696. The minimum absolute atomic E-state index is 0.537. The molecular formula is C15H16N4O2. The molecule has 0 amide bonds. The summed E-state index contributed by atoms with van der Waals surface area (Å²) >= 11 is 0. The molecule has 3 aromatic rings. The first kappa shape index (κ1) is 13.4. The molecule has 0 bridgehead atoms. The first-order chi connectivity index (χ1) is 10.3. The lowest BCUT2D eigenvalue weighted by molar-refractivity contribution is 0.317. The fourth-order valence-electron chi connectivity index (χ4n) is 1.96. The van der Waals surface area contributed by atoms with Gasteiger partial charge in [-0.25, -0.2) is 4.68 Å². The van der Waals surface area contributed by atoms with Crippen molar-refractivity contribution in [3.05, 3.63) is 48.5 Å². The maximum Gasteiger partial charge on any atom is 0.124 e. The zero-order chi connectivity index (χ0) is 14.5. The molecule has 0 aliphatic carbocycles.